The summed E-state index contributed by atoms with van der Waals surface area (Å²) in [5, 5.41) is 35.4. The molecule has 0 saturated carbocycles. The Kier molecular flexibility index (Phi) is 5.52. The van der Waals surface area contributed by atoms with E-state index < -0.39 is 46.1 Å². The lowest BCUT2D eigenvalue weighted by Gasteiger charge is -2.31. The van der Waals surface area contributed by atoms with Gasteiger partial charge in [0.15, 0.2) is 0 Å². The molecular formula is C26H21N3O7. The van der Waals surface area contributed by atoms with Gasteiger partial charge < -0.3 is 10.2 Å². The van der Waals surface area contributed by atoms with Crippen LogP contribution in [0.1, 0.15) is 17.2 Å². The van der Waals surface area contributed by atoms with Crippen LogP contribution >= 0.6 is 0 Å². The number of anilines is 1. The molecule has 3 N–H and O–H groups in total. The molecule has 36 heavy (non-hydrogen) atoms. The minimum atomic E-state index is -1.87. The molecule has 0 aromatic heterocycles. The minimum absolute atomic E-state index is 0.0105. The van der Waals surface area contributed by atoms with E-state index in [1.54, 1.807) is 48.5 Å². The van der Waals surface area contributed by atoms with Crippen molar-refractivity contribution in [2.75, 3.05) is 4.90 Å². The first-order valence-electron chi connectivity index (χ1n) is 11.2. The molecule has 2 aliphatic rings. The number of non-ortho nitro benzene ring substituents is 1. The Bertz CT molecular complexity index is 1390. The monoisotopic (exact) mass is 487 g/mol. The SMILES string of the molecule is O=C1C2C(c3ccccc3O)NC(Cc3ccccc3)(C(=O)O)C2C(=O)N1c1cccc([N+](=O)[O-])c1. The van der Waals surface area contributed by atoms with E-state index in [9.17, 15) is 34.7 Å². The quantitative estimate of drug-likeness (QED) is 0.273. The topological polar surface area (TPSA) is 150 Å². The van der Waals surface area contributed by atoms with Crippen molar-refractivity contribution in [3.8, 4) is 5.75 Å². The van der Waals surface area contributed by atoms with Crippen molar-refractivity contribution >= 4 is 29.2 Å². The number of fused-ring (bicyclic) bond motifs is 1. The fourth-order valence-corrected chi connectivity index (χ4v) is 5.37. The van der Waals surface area contributed by atoms with Crippen molar-refractivity contribution in [1.29, 1.82) is 0 Å². The van der Waals surface area contributed by atoms with Crippen LogP contribution in [0.25, 0.3) is 0 Å². The average Bonchev–Trinajstić information content (AvgIpc) is 3.34. The smallest absolute Gasteiger partial charge is 0.325 e. The number of carboxylic acid groups (broad SMARTS) is 1. The molecule has 2 heterocycles. The van der Waals surface area contributed by atoms with Crippen LogP contribution in [0.5, 0.6) is 5.75 Å². The van der Waals surface area contributed by atoms with E-state index in [0.717, 1.165) is 11.0 Å². The predicted octanol–water partition coefficient (Wildman–Crippen LogP) is 2.82. The largest absolute Gasteiger partial charge is 0.508 e. The lowest BCUT2D eigenvalue weighted by molar-refractivity contribution is -0.384. The van der Waals surface area contributed by atoms with Crippen LogP contribution in [0.3, 0.4) is 0 Å². The van der Waals surface area contributed by atoms with Crippen LogP contribution in [-0.4, -0.2) is 38.5 Å². The summed E-state index contributed by atoms with van der Waals surface area (Å²) >= 11 is 0. The van der Waals surface area contributed by atoms with Gasteiger partial charge in [-0.05, 0) is 17.7 Å². The number of rotatable bonds is 6. The molecule has 3 aromatic carbocycles. The first-order chi connectivity index (χ1) is 17.2. The molecule has 0 bridgehead atoms. The number of carbonyl (C=O) groups is 3. The first-order valence-corrected chi connectivity index (χ1v) is 11.2. The number of nitrogens with one attached hydrogen (secondary N) is 1. The van der Waals surface area contributed by atoms with Crippen molar-refractivity contribution in [2.24, 2.45) is 11.8 Å². The number of amides is 2. The molecule has 4 atom stereocenters. The zero-order chi connectivity index (χ0) is 25.6. The fraction of sp³-hybridized carbons (Fsp3) is 0.192. The molecule has 2 amide bonds. The number of phenolic OH excluding ortho intramolecular Hbond substituents is 1. The number of imide groups is 1. The summed E-state index contributed by atoms with van der Waals surface area (Å²) in [4.78, 5) is 51.9. The average molecular weight is 487 g/mol. The molecule has 182 valence electrons. The standard InChI is InChI=1S/C26H21N3O7/c30-19-12-5-4-11-18(19)22-20-21(26(27-22,25(33)34)14-15-7-2-1-3-8-15)24(32)28(23(20)31)16-9-6-10-17(13-16)29(35)36/h1-13,20-22,27,30H,14H2,(H,33,34). The summed E-state index contributed by atoms with van der Waals surface area (Å²) in [5.41, 5.74) is -1.27. The summed E-state index contributed by atoms with van der Waals surface area (Å²) in [6, 6.07) is 19.1. The molecule has 3 aromatic rings. The third-order valence-electron chi connectivity index (χ3n) is 6.93. The third kappa shape index (κ3) is 3.50. The third-order valence-corrected chi connectivity index (χ3v) is 6.93. The lowest BCUT2D eigenvalue weighted by Crippen LogP contribution is -2.57. The van der Waals surface area contributed by atoms with Gasteiger partial charge in [0.1, 0.15) is 11.3 Å². The highest BCUT2D eigenvalue weighted by atomic mass is 16.6. The van der Waals surface area contributed by atoms with Gasteiger partial charge in [-0.3, -0.25) is 29.8 Å². The van der Waals surface area contributed by atoms with Gasteiger partial charge in [-0.25, -0.2) is 4.90 Å². The number of benzene rings is 3. The number of nitro benzene ring substituents is 1. The number of hydrogen-bond donors (Lipinski definition) is 3. The van der Waals surface area contributed by atoms with Gasteiger partial charge in [0.2, 0.25) is 11.8 Å². The molecule has 0 radical (unpaired) electrons. The van der Waals surface area contributed by atoms with E-state index in [-0.39, 0.29) is 29.1 Å². The number of nitro groups is 1. The van der Waals surface area contributed by atoms with E-state index in [1.165, 1.54) is 24.3 Å². The van der Waals surface area contributed by atoms with Crippen molar-refractivity contribution in [2.45, 2.75) is 18.0 Å². The summed E-state index contributed by atoms with van der Waals surface area (Å²) in [7, 11) is 0. The number of phenols is 1. The lowest BCUT2D eigenvalue weighted by atomic mass is 9.76. The van der Waals surface area contributed by atoms with Crippen molar-refractivity contribution < 1.29 is 29.5 Å². The fourth-order valence-electron chi connectivity index (χ4n) is 5.37. The second-order valence-corrected chi connectivity index (χ2v) is 8.91. The molecule has 10 heteroatoms. The maximum Gasteiger partial charge on any atom is 0.325 e. The van der Waals surface area contributed by atoms with Gasteiger partial charge in [-0.1, -0.05) is 54.6 Å². The van der Waals surface area contributed by atoms with Crippen LogP contribution in [0.15, 0.2) is 78.9 Å². The van der Waals surface area contributed by atoms with Crippen molar-refractivity contribution in [1.82, 2.24) is 5.32 Å². The molecule has 0 spiro atoms. The summed E-state index contributed by atoms with van der Waals surface area (Å²) < 4.78 is 0. The van der Waals surface area contributed by atoms with E-state index >= 15 is 0 Å². The molecule has 0 aliphatic carbocycles. The van der Waals surface area contributed by atoms with Crippen molar-refractivity contribution in [3.05, 3.63) is 100 Å². The normalized spacial score (nSPS) is 25.1. The Morgan fingerprint density at radius 2 is 1.69 bits per heavy atom. The summed E-state index contributed by atoms with van der Waals surface area (Å²) in [5.74, 6) is -5.42. The number of aliphatic carboxylic acids is 1. The van der Waals surface area contributed by atoms with Gasteiger partial charge in [0, 0.05) is 30.2 Å². The van der Waals surface area contributed by atoms with Gasteiger partial charge in [-0.2, -0.15) is 0 Å². The Balaban J connectivity index is 1.67. The highest BCUT2D eigenvalue weighted by Gasteiger charge is 2.68. The van der Waals surface area contributed by atoms with Crippen LogP contribution in [0.4, 0.5) is 11.4 Å². The van der Waals surface area contributed by atoms with Gasteiger partial charge >= 0.3 is 5.97 Å². The summed E-state index contributed by atoms with van der Waals surface area (Å²) in [6.45, 7) is 0. The maximum absolute atomic E-state index is 13.8. The van der Waals surface area contributed by atoms with Crippen LogP contribution < -0.4 is 10.2 Å². The number of para-hydroxylation sites is 1. The Morgan fingerprint density at radius 3 is 2.36 bits per heavy atom. The minimum Gasteiger partial charge on any atom is -0.508 e. The van der Waals surface area contributed by atoms with Gasteiger partial charge in [-0.15, -0.1) is 0 Å². The first kappa shape index (κ1) is 23.2. The van der Waals surface area contributed by atoms with E-state index in [1.807, 2.05) is 0 Å². The molecule has 2 aliphatic heterocycles. The van der Waals surface area contributed by atoms with E-state index in [0.29, 0.717) is 5.56 Å². The summed E-state index contributed by atoms with van der Waals surface area (Å²) in [6.07, 6.45) is -0.101. The number of aromatic hydroxyl groups is 1. The Morgan fingerprint density at radius 1 is 1.00 bits per heavy atom. The molecule has 2 fully saturated rings. The second-order valence-electron chi connectivity index (χ2n) is 8.91. The Labute approximate surface area is 204 Å². The van der Waals surface area contributed by atoms with Crippen LogP contribution in [0, 0.1) is 22.0 Å². The van der Waals surface area contributed by atoms with E-state index in [4.69, 9.17) is 0 Å². The number of carboxylic acids is 1. The van der Waals surface area contributed by atoms with Crippen LogP contribution in [-0.2, 0) is 20.8 Å². The second kappa shape index (κ2) is 8.58. The van der Waals surface area contributed by atoms with Gasteiger partial charge in [0.05, 0.1) is 22.4 Å². The maximum atomic E-state index is 13.8. The molecule has 2 saturated heterocycles. The van der Waals surface area contributed by atoms with Crippen LogP contribution in [0.2, 0.25) is 0 Å². The number of nitrogens with zero attached hydrogens (tertiary/aromatic N) is 2. The zero-order valence-electron chi connectivity index (χ0n) is 18.8. The number of carbonyl (C=O) groups excluding carboxylic acids is 2. The number of hydrogen-bond acceptors (Lipinski definition) is 7. The molecule has 4 unspecified atom stereocenters. The Hall–Kier alpha value is -4.57. The predicted molar refractivity (Wildman–Crippen MR) is 127 cm³/mol. The molecule has 5 rings (SSSR count). The highest BCUT2D eigenvalue weighted by Crippen LogP contribution is 2.52. The van der Waals surface area contributed by atoms with Gasteiger partial charge in [0.25, 0.3) is 5.69 Å². The molecule has 10 nitrogen and oxygen atoms in total. The van der Waals surface area contributed by atoms with E-state index in [2.05, 4.69) is 5.32 Å². The van der Waals surface area contributed by atoms with Crippen molar-refractivity contribution in [3.63, 3.8) is 0 Å². The highest BCUT2D eigenvalue weighted by molar-refractivity contribution is 6.24. The molecular weight excluding hydrogens is 466 g/mol. The zero-order valence-corrected chi connectivity index (χ0v) is 18.8.